The molecular weight excluding hydrogens is 400 g/mol. The normalized spacial score (nSPS) is 14.0. The Bertz CT molecular complexity index is 481. The summed E-state index contributed by atoms with van der Waals surface area (Å²) in [5.41, 5.74) is 1.21. The zero-order valence-electron chi connectivity index (χ0n) is 12.0. The van der Waals surface area contributed by atoms with Gasteiger partial charge in [0.2, 0.25) is 5.91 Å². The lowest BCUT2D eigenvalue weighted by molar-refractivity contribution is -0.121. The zero-order valence-corrected chi connectivity index (χ0v) is 15.2. The molecule has 0 radical (unpaired) electrons. The van der Waals surface area contributed by atoms with Crippen LogP contribution in [0.3, 0.4) is 0 Å². The third-order valence-electron chi connectivity index (χ3n) is 3.18. The van der Waals surface area contributed by atoms with E-state index in [0.717, 1.165) is 21.2 Å². The number of amides is 1. The van der Waals surface area contributed by atoms with Gasteiger partial charge in [0.05, 0.1) is 22.0 Å². The molecule has 0 atom stereocenters. The Balaban J connectivity index is 1.88. The minimum Gasteiger partial charge on any atom is -0.491 e. The highest BCUT2D eigenvalue weighted by atomic mass is 79.9. The maximum Gasteiger partial charge on any atom is 0.223 e. The number of hydrogen-bond acceptors (Lipinski definition) is 3. The Labute approximate surface area is 142 Å². The first-order valence-corrected chi connectivity index (χ1v) is 8.79. The largest absolute Gasteiger partial charge is 0.491 e. The van der Waals surface area contributed by atoms with Crippen molar-refractivity contribution < 1.29 is 9.53 Å². The van der Waals surface area contributed by atoms with Crippen molar-refractivity contribution in [1.82, 2.24) is 10.6 Å². The molecule has 1 aliphatic carbocycles. The Morgan fingerprint density at radius 1 is 1.33 bits per heavy atom. The summed E-state index contributed by atoms with van der Waals surface area (Å²) in [6.45, 7) is 3.78. The molecule has 1 aliphatic rings. The molecule has 0 aliphatic heterocycles. The van der Waals surface area contributed by atoms with Crippen LogP contribution in [-0.4, -0.2) is 25.1 Å². The van der Waals surface area contributed by atoms with Gasteiger partial charge in [-0.05, 0) is 69.3 Å². The predicted molar refractivity (Wildman–Crippen MR) is 90.5 cm³/mol. The number of nitrogens with one attached hydrogen (secondary N) is 2. The molecule has 0 heterocycles. The first-order chi connectivity index (χ1) is 10.1. The van der Waals surface area contributed by atoms with Crippen molar-refractivity contribution in [2.45, 2.75) is 38.8 Å². The van der Waals surface area contributed by atoms with Crippen LogP contribution >= 0.6 is 31.9 Å². The smallest absolute Gasteiger partial charge is 0.223 e. The molecule has 0 spiro atoms. The predicted octanol–water partition coefficient (Wildman–Crippen LogP) is 3.37. The molecule has 1 fully saturated rings. The summed E-state index contributed by atoms with van der Waals surface area (Å²) < 4.78 is 7.51. The van der Waals surface area contributed by atoms with Crippen LogP contribution in [0.1, 0.15) is 31.7 Å². The summed E-state index contributed by atoms with van der Waals surface area (Å²) in [6, 6.07) is 4.80. The lowest BCUT2D eigenvalue weighted by Crippen LogP contribution is -2.24. The van der Waals surface area contributed by atoms with Crippen molar-refractivity contribution in [3.63, 3.8) is 0 Å². The minimum atomic E-state index is 0.00926. The van der Waals surface area contributed by atoms with Gasteiger partial charge < -0.3 is 15.4 Å². The van der Waals surface area contributed by atoms with Crippen molar-refractivity contribution in [2.24, 2.45) is 0 Å². The van der Waals surface area contributed by atoms with Crippen LogP contribution in [0.5, 0.6) is 5.75 Å². The quantitative estimate of drug-likeness (QED) is 0.679. The van der Waals surface area contributed by atoms with Gasteiger partial charge in [-0.3, -0.25) is 4.79 Å². The van der Waals surface area contributed by atoms with E-state index in [1.807, 2.05) is 6.92 Å². The second-order valence-corrected chi connectivity index (χ2v) is 6.80. The van der Waals surface area contributed by atoms with E-state index >= 15 is 0 Å². The molecule has 1 amide bonds. The highest BCUT2D eigenvalue weighted by Gasteiger charge is 2.20. The van der Waals surface area contributed by atoms with Gasteiger partial charge in [0.15, 0.2) is 0 Å². The van der Waals surface area contributed by atoms with Crippen LogP contribution in [0, 0.1) is 0 Å². The number of rotatable bonds is 8. The fourth-order valence-electron chi connectivity index (χ4n) is 1.93. The van der Waals surface area contributed by atoms with E-state index in [1.54, 1.807) is 0 Å². The summed E-state index contributed by atoms with van der Waals surface area (Å²) in [6.07, 6.45) is 2.92. The molecule has 6 heteroatoms. The lowest BCUT2D eigenvalue weighted by Gasteiger charge is -2.12. The number of ether oxygens (including phenoxy) is 1. The van der Waals surface area contributed by atoms with E-state index in [0.29, 0.717) is 25.6 Å². The van der Waals surface area contributed by atoms with Crippen LogP contribution in [0.15, 0.2) is 21.1 Å². The molecule has 2 N–H and O–H groups in total. The summed E-state index contributed by atoms with van der Waals surface area (Å²) in [7, 11) is 0. The molecule has 0 saturated heterocycles. The van der Waals surface area contributed by atoms with Crippen LogP contribution in [-0.2, 0) is 11.3 Å². The number of carbonyl (C=O) groups excluding carboxylic acids is 1. The Kier molecular flexibility index (Phi) is 6.51. The lowest BCUT2D eigenvalue weighted by atomic mass is 10.2. The highest BCUT2D eigenvalue weighted by molar-refractivity contribution is 9.11. The second-order valence-electron chi connectivity index (χ2n) is 5.10. The van der Waals surface area contributed by atoms with E-state index in [-0.39, 0.29) is 5.91 Å². The maximum atomic E-state index is 11.4. The monoisotopic (exact) mass is 418 g/mol. The van der Waals surface area contributed by atoms with Crippen molar-refractivity contribution >= 4 is 37.8 Å². The third kappa shape index (κ3) is 5.60. The highest BCUT2D eigenvalue weighted by Crippen LogP contribution is 2.35. The van der Waals surface area contributed by atoms with Gasteiger partial charge in [-0.1, -0.05) is 0 Å². The van der Waals surface area contributed by atoms with Gasteiger partial charge in [-0.2, -0.15) is 0 Å². The van der Waals surface area contributed by atoms with Gasteiger partial charge in [0.1, 0.15) is 5.75 Å². The first kappa shape index (κ1) is 16.8. The summed E-state index contributed by atoms with van der Waals surface area (Å²) in [5, 5.41) is 6.24. The summed E-state index contributed by atoms with van der Waals surface area (Å²) >= 11 is 7.07. The van der Waals surface area contributed by atoms with Crippen LogP contribution in [0.2, 0.25) is 0 Å². The molecular formula is C15H20Br2N2O2. The molecule has 1 aromatic rings. The van der Waals surface area contributed by atoms with Gasteiger partial charge in [0, 0.05) is 19.1 Å². The van der Waals surface area contributed by atoms with E-state index in [1.165, 1.54) is 18.4 Å². The average molecular weight is 420 g/mol. The molecule has 0 bridgehead atoms. The van der Waals surface area contributed by atoms with Crippen molar-refractivity contribution in [2.75, 3.05) is 13.2 Å². The number of hydrogen-bond donors (Lipinski definition) is 2. The number of carbonyl (C=O) groups is 1. The fraction of sp³-hybridized carbons (Fsp3) is 0.533. The number of halogens is 2. The SMILES string of the molecule is CCNC(=O)CCOc1c(Br)cc(CNC2CC2)cc1Br. The molecule has 21 heavy (non-hydrogen) atoms. The number of benzene rings is 1. The minimum absolute atomic E-state index is 0.00926. The summed E-state index contributed by atoms with van der Waals surface area (Å²) in [5.74, 6) is 0.754. The van der Waals surface area contributed by atoms with Crippen LogP contribution in [0.25, 0.3) is 0 Å². The van der Waals surface area contributed by atoms with E-state index in [2.05, 4.69) is 54.6 Å². The molecule has 0 unspecified atom stereocenters. The Morgan fingerprint density at radius 2 is 2.00 bits per heavy atom. The fourth-order valence-corrected chi connectivity index (χ4v) is 3.44. The third-order valence-corrected chi connectivity index (χ3v) is 4.36. The van der Waals surface area contributed by atoms with E-state index < -0.39 is 0 Å². The Morgan fingerprint density at radius 3 is 2.57 bits per heavy atom. The van der Waals surface area contributed by atoms with Crippen LogP contribution < -0.4 is 15.4 Å². The van der Waals surface area contributed by atoms with Gasteiger partial charge in [-0.15, -0.1) is 0 Å². The molecule has 116 valence electrons. The van der Waals surface area contributed by atoms with Crippen LogP contribution in [0.4, 0.5) is 0 Å². The van der Waals surface area contributed by atoms with Crippen molar-refractivity contribution in [1.29, 1.82) is 0 Å². The van der Waals surface area contributed by atoms with E-state index in [4.69, 9.17) is 4.74 Å². The topological polar surface area (TPSA) is 50.4 Å². The molecule has 4 nitrogen and oxygen atoms in total. The van der Waals surface area contributed by atoms with Gasteiger partial charge in [0.25, 0.3) is 0 Å². The molecule has 1 aromatic carbocycles. The van der Waals surface area contributed by atoms with Gasteiger partial charge in [-0.25, -0.2) is 0 Å². The average Bonchev–Trinajstić information content (AvgIpc) is 3.24. The van der Waals surface area contributed by atoms with Gasteiger partial charge >= 0.3 is 0 Å². The molecule has 1 saturated carbocycles. The standard InChI is InChI=1S/C15H20Br2N2O2/c1-2-18-14(20)5-6-21-15-12(16)7-10(8-13(15)17)9-19-11-3-4-11/h7-8,11,19H,2-6,9H2,1H3,(H,18,20). The maximum absolute atomic E-state index is 11.4. The molecule has 0 aromatic heterocycles. The van der Waals surface area contributed by atoms with Crippen molar-refractivity contribution in [3.8, 4) is 5.75 Å². The second kappa shape index (κ2) is 8.15. The van der Waals surface area contributed by atoms with Crippen molar-refractivity contribution in [3.05, 3.63) is 26.6 Å². The first-order valence-electron chi connectivity index (χ1n) is 7.21. The Hall–Kier alpha value is -0.590. The molecule has 2 rings (SSSR count). The summed E-state index contributed by atoms with van der Waals surface area (Å²) in [4.78, 5) is 11.4. The van der Waals surface area contributed by atoms with E-state index in [9.17, 15) is 4.79 Å². The zero-order chi connectivity index (χ0) is 15.2.